The van der Waals surface area contributed by atoms with E-state index < -0.39 is 0 Å². The predicted molar refractivity (Wildman–Crippen MR) is 176 cm³/mol. The molecular weight excluding hydrogens is 578 g/mol. The number of fused-ring (bicyclic) bond motifs is 1. The molecule has 0 radical (unpaired) electrons. The van der Waals surface area contributed by atoms with Crippen molar-refractivity contribution in [3.63, 3.8) is 0 Å². The van der Waals surface area contributed by atoms with Crippen molar-refractivity contribution < 1.29 is 9.53 Å². The van der Waals surface area contributed by atoms with E-state index in [1.54, 1.807) is 12.4 Å². The molecular formula is C34H38ClN5O2S. The van der Waals surface area contributed by atoms with Gasteiger partial charge in [-0.2, -0.15) is 5.10 Å². The summed E-state index contributed by atoms with van der Waals surface area (Å²) in [5.74, 6) is 0.830. The molecule has 43 heavy (non-hydrogen) atoms. The van der Waals surface area contributed by atoms with E-state index in [0.717, 1.165) is 67.7 Å². The van der Waals surface area contributed by atoms with Crippen molar-refractivity contribution in [1.29, 1.82) is 0 Å². The highest BCUT2D eigenvalue weighted by Crippen LogP contribution is 2.37. The van der Waals surface area contributed by atoms with Crippen molar-refractivity contribution >= 4 is 40.4 Å². The lowest BCUT2D eigenvalue weighted by molar-refractivity contribution is -0.119. The van der Waals surface area contributed by atoms with Gasteiger partial charge in [-0.25, -0.2) is 0 Å². The van der Waals surface area contributed by atoms with Gasteiger partial charge in [0.05, 0.1) is 17.8 Å². The van der Waals surface area contributed by atoms with E-state index in [2.05, 4.69) is 53.2 Å². The minimum absolute atomic E-state index is 0.0159. The van der Waals surface area contributed by atoms with Crippen LogP contribution in [0.4, 0.5) is 0 Å². The lowest BCUT2D eigenvalue weighted by Gasteiger charge is -2.13. The van der Waals surface area contributed by atoms with Gasteiger partial charge in [-0.3, -0.25) is 19.2 Å². The highest BCUT2D eigenvalue weighted by Gasteiger charge is 2.21. The number of para-hydroxylation sites is 1. The van der Waals surface area contributed by atoms with Gasteiger partial charge in [0, 0.05) is 70.2 Å². The molecule has 2 aromatic carbocycles. The van der Waals surface area contributed by atoms with Crippen LogP contribution in [-0.2, 0) is 24.8 Å². The first kappa shape index (κ1) is 30.7. The SMILES string of the molecule is Cc1cc(OCCCc2c(C)n(CCC(=O)NSc3ccncc3)c3c(-c4c(C)nn(C)c4C)cccc23)cc(C)c1Cl. The molecule has 0 saturated heterocycles. The Morgan fingerprint density at radius 2 is 1.74 bits per heavy atom. The average molecular weight is 616 g/mol. The molecule has 5 aromatic rings. The van der Waals surface area contributed by atoms with Crippen LogP contribution < -0.4 is 9.46 Å². The number of aryl methyl sites for hydroxylation is 6. The van der Waals surface area contributed by atoms with E-state index in [-0.39, 0.29) is 5.91 Å². The molecule has 7 nitrogen and oxygen atoms in total. The molecule has 5 rings (SSSR count). The first-order chi connectivity index (χ1) is 20.7. The highest BCUT2D eigenvalue weighted by atomic mass is 35.5. The van der Waals surface area contributed by atoms with Gasteiger partial charge in [0.2, 0.25) is 5.91 Å². The van der Waals surface area contributed by atoms with Crippen molar-refractivity contribution in [2.24, 2.45) is 7.05 Å². The third-order valence-electron chi connectivity index (χ3n) is 8.00. The lowest BCUT2D eigenvalue weighted by Crippen LogP contribution is -2.18. The zero-order valence-electron chi connectivity index (χ0n) is 25.6. The van der Waals surface area contributed by atoms with Crippen molar-refractivity contribution in [1.82, 2.24) is 24.1 Å². The summed E-state index contributed by atoms with van der Waals surface area (Å²) in [6.07, 6.45) is 5.52. The molecule has 0 bridgehead atoms. The monoisotopic (exact) mass is 615 g/mol. The number of carbonyl (C=O) groups excluding carboxylic acids is 1. The smallest absolute Gasteiger partial charge is 0.231 e. The molecule has 0 aliphatic rings. The number of aromatic nitrogens is 4. The summed E-state index contributed by atoms with van der Waals surface area (Å²) in [6.45, 7) is 11.5. The Balaban J connectivity index is 1.41. The molecule has 0 unspecified atom stereocenters. The lowest BCUT2D eigenvalue weighted by atomic mass is 9.98. The fourth-order valence-electron chi connectivity index (χ4n) is 5.78. The van der Waals surface area contributed by atoms with E-state index in [1.807, 2.05) is 49.8 Å². The summed E-state index contributed by atoms with van der Waals surface area (Å²) in [5, 5.41) is 6.70. The first-order valence-electron chi connectivity index (χ1n) is 14.5. The third kappa shape index (κ3) is 6.60. The van der Waals surface area contributed by atoms with Gasteiger partial charge in [-0.1, -0.05) is 29.8 Å². The second-order valence-corrected chi connectivity index (χ2v) is 12.2. The van der Waals surface area contributed by atoms with Crippen LogP contribution in [0.3, 0.4) is 0 Å². The van der Waals surface area contributed by atoms with E-state index in [9.17, 15) is 4.79 Å². The number of pyridine rings is 1. The number of nitrogens with zero attached hydrogens (tertiary/aromatic N) is 4. The second-order valence-electron chi connectivity index (χ2n) is 11.0. The number of benzene rings is 2. The van der Waals surface area contributed by atoms with E-state index >= 15 is 0 Å². The minimum Gasteiger partial charge on any atom is -0.494 e. The summed E-state index contributed by atoms with van der Waals surface area (Å²) in [5.41, 5.74) is 10.0. The first-order valence-corrected chi connectivity index (χ1v) is 15.7. The molecule has 0 fully saturated rings. The normalized spacial score (nSPS) is 11.3. The van der Waals surface area contributed by atoms with Crippen LogP contribution in [0.5, 0.6) is 5.75 Å². The number of hydrogen-bond acceptors (Lipinski definition) is 5. The molecule has 0 saturated carbocycles. The Morgan fingerprint density at radius 1 is 1.02 bits per heavy atom. The fraction of sp³-hybridized carbons (Fsp3) is 0.324. The average Bonchev–Trinajstić information content (AvgIpc) is 3.41. The Hall–Kier alpha value is -3.75. The third-order valence-corrected chi connectivity index (χ3v) is 9.43. The van der Waals surface area contributed by atoms with Crippen molar-refractivity contribution in [2.45, 2.75) is 65.3 Å². The summed E-state index contributed by atoms with van der Waals surface area (Å²) >= 11 is 7.66. The Morgan fingerprint density at radius 3 is 2.42 bits per heavy atom. The van der Waals surface area contributed by atoms with Gasteiger partial charge in [0.15, 0.2) is 0 Å². The fourth-order valence-corrected chi connectivity index (χ4v) is 6.48. The summed E-state index contributed by atoms with van der Waals surface area (Å²) in [4.78, 5) is 17.9. The molecule has 224 valence electrons. The number of carbonyl (C=O) groups is 1. The summed E-state index contributed by atoms with van der Waals surface area (Å²) in [7, 11) is 1.98. The zero-order chi connectivity index (χ0) is 30.7. The number of amides is 1. The van der Waals surface area contributed by atoms with Crippen LogP contribution in [0.2, 0.25) is 5.02 Å². The van der Waals surface area contributed by atoms with Gasteiger partial charge >= 0.3 is 0 Å². The molecule has 3 heterocycles. The summed E-state index contributed by atoms with van der Waals surface area (Å²) in [6, 6.07) is 14.3. The number of nitrogens with one attached hydrogen (secondary N) is 1. The Bertz CT molecular complexity index is 1750. The predicted octanol–water partition coefficient (Wildman–Crippen LogP) is 7.86. The van der Waals surface area contributed by atoms with Crippen LogP contribution >= 0.6 is 23.5 Å². The van der Waals surface area contributed by atoms with Gasteiger partial charge in [-0.15, -0.1) is 0 Å². The molecule has 1 amide bonds. The van der Waals surface area contributed by atoms with Crippen molar-refractivity contribution in [3.8, 4) is 16.9 Å². The number of hydrogen-bond donors (Lipinski definition) is 1. The van der Waals surface area contributed by atoms with Crippen LogP contribution in [0.15, 0.2) is 59.8 Å². The zero-order valence-corrected chi connectivity index (χ0v) is 27.2. The molecule has 9 heteroatoms. The standard InChI is InChI=1S/C34H38ClN5O2S/c1-21-19-26(20-22(2)33(21)35)42-18-8-11-28-24(4)40(17-14-31(41)38-43-27-12-15-36-16-13-27)34-29(28)9-7-10-30(34)32-23(3)37-39(6)25(32)5/h7,9-10,12-13,15-16,19-20H,8,11,14,17-18H2,1-6H3,(H,38,41). The Labute approximate surface area is 262 Å². The maximum absolute atomic E-state index is 12.9. The van der Waals surface area contributed by atoms with Gasteiger partial charge in [0.25, 0.3) is 0 Å². The number of halogens is 1. The molecule has 1 N–H and O–H groups in total. The highest BCUT2D eigenvalue weighted by molar-refractivity contribution is 7.98. The topological polar surface area (TPSA) is 74.0 Å². The van der Waals surface area contributed by atoms with Gasteiger partial charge in [0.1, 0.15) is 5.75 Å². The second kappa shape index (κ2) is 13.3. The van der Waals surface area contributed by atoms with E-state index in [0.29, 0.717) is 19.6 Å². The molecule has 0 aliphatic heterocycles. The quantitative estimate of drug-likeness (QED) is 0.121. The van der Waals surface area contributed by atoms with E-state index in [4.69, 9.17) is 21.4 Å². The number of rotatable bonds is 11. The maximum Gasteiger partial charge on any atom is 0.231 e. The maximum atomic E-state index is 12.9. The summed E-state index contributed by atoms with van der Waals surface area (Å²) < 4.78 is 13.4. The molecule has 3 aromatic heterocycles. The van der Waals surface area contributed by atoms with Crippen molar-refractivity contribution in [2.75, 3.05) is 6.61 Å². The van der Waals surface area contributed by atoms with Crippen LogP contribution in [0, 0.1) is 34.6 Å². The molecule has 0 spiro atoms. The Kier molecular flexibility index (Phi) is 9.47. The van der Waals surface area contributed by atoms with Gasteiger partial charge < -0.3 is 9.30 Å². The largest absolute Gasteiger partial charge is 0.494 e. The molecule has 0 aliphatic carbocycles. The van der Waals surface area contributed by atoms with E-state index in [1.165, 1.54) is 28.6 Å². The van der Waals surface area contributed by atoms with Crippen molar-refractivity contribution in [3.05, 3.63) is 93.7 Å². The minimum atomic E-state index is -0.0159. The van der Waals surface area contributed by atoms with Crippen LogP contribution in [-0.4, -0.2) is 31.8 Å². The van der Waals surface area contributed by atoms with Gasteiger partial charge in [-0.05, 0) is 100 Å². The molecule has 0 atom stereocenters. The van der Waals surface area contributed by atoms with Crippen LogP contribution in [0.25, 0.3) is 22.0 Å². The van der Waals surface area contributed by atoms with Crippen LogP contribution in [0.1, 0.15) is 46.6 Å². The number of ether oxygens (including phenoxy) is 1.